The minimum atomic E-state index is -4.82. The first-order valence-corrected chi connectivity index (χ1v) is 7.80. The van der Waals surface area contributed by atoms with E-state index in [0.29, 0.717) is 10.9 Å². The van der Waals surface area contributed by atoms with E-state index in [4.69, 9.17) is 0 Å². The molecule has 0 aliphatic rings. The molecular weight excluding hydrogens is 365 g/mol. The highest BCUT2D eigenvalue weighted by atomic mass is 19.4. The van der Waals surface area contributed by atoms with Crippen molar-refractivity contribution >= 4 is 22.5 Å². The van der Waals surface area contributed by atoms with Gasteiger partial charge in [-0.15, -0.1) is 18.3 Å². The van der Waals surface area contributed by atoms with E-state index >= 15 is 0 Å². The summed E-state index contributed by atoms with van der Waals surface area (Å²) in [5.41, 5.74) is 0.206. The molecular formula is C17H13F3N4O3. The summed E-state index contributed by atoms with van der Waals surface area (Å²) in [4.78, 5) is 24.3. The van der Waals surface area contributed by atoms with Crippen LogP contribution >= 0.6 is 0 Å². The second-order valence-corrected chi connectivity index (χ2v) is 5.51. The number of anilines is 1. The molecule has 0 bridgehead atoms. The number of hydrogen-bond acceptors (Lipinski definition) is 5. The molecule has 1 heterocycles. The summed E-state index contributed by atoms with van der Waals surface area (Å²) in [6.07, 6.45) is -4.93. The van der Waals surface area contributed by atoms with Gasteiger partial charge >= 0.3 is 6.36 Å². The minimum Gasteiger partial charge on any atom is -0.406 e. The fraction of sp³-hybridized carbons (Fsp3) is 0.176. The van der Waals surface area contributed by atoms with Gasteiger partial charge in [0.1, 0.15) is 11.3 Å². The molecule has 3 rings (SSSR count). The Labute approximate surface area is 150 Å². The summed E-state index contributed by atoms with van der Waals surface area (Å²) in [5.74, 6) is -0.946. The highest BCUT2D eigenvalue weighted by Crippen LogP contribution is 2.25. The van der Waals surface area contributed by atoms with E-state index in [1.54, 1.807) is 24.3 Å². The van der Waals surface area contributed by atoms with Gasteiger partial charge in [0.05, 0.1) is 11.9 Å². The molecule has 0 saturated heterocycles. The number of benzene rings is 2. The van der Waals surface area contributed by atoms with Gasteiger partial charge < -0.3 is 10.1 Å². The van der Waals surface area contributed by atoms with E-state index in [0.717, 1.165) is 16.8 Å². The van der Waals surface area contributed by atoms with E-state index in [1.807, 2.05) is 0 Å². The number of amides is 1. The predicted octanol–water partition coefficient (Wildman–Crippen LogP) is 2.72. The Hall–Kier alpha value is -3.43. The Kier molecular flexibility index (Phi) is 5.06. The van der Waals surface area contributed by atoms with Crippen LogP contribution in [0.25, 0.3) is 10.9 Å². The van der Waals surface area contributed by atoms with Gasteiger partial charge in [0.25, 0.3) is 5.56 Å². The summed E-state index contributed by atoms with van der Waals surface area (Å²) in [6.45, 7) is -0.0265. The number of aromatic nitrogens is 3. The molecule has 3 aromatic rings. The van der Waals surface area contributed by atoms with Gasteiger partial charge in [-0.1, -0.05) is 23.4 Å². The highest BCUT2D eigenvalue weighted by Gasteiger charge is 2.31. The molecule has 0 aliphatic carbocycles. The largest absolute Gasteiger partial charge is 0.573 e. The van der Waals surface area contributed by atoms with Gasteiger partial charge in [0.15, 0.2) is 0 Å². The molecule has 10 heteroatoms. The van der Waals surface area contributed by atoms with E-state index in [9.17, 15) is 22.8 Å². The highest BCUT2D eigenvalue weighted by molar-refractivity contribution is 5.90. The maximum absolute atomic E-state index is 12.3. The average molecular weight is 378 g/mol. The van der Waals surface area contributed by atoms with Crippen molar-refractivity contribution in [1.82, 2.24) is 15.0 Å². The Bertz CT molecular complexity index is 1030. The van der Waals surface area contributed by atoms with Crippen LogP contribution < -0.4 is 15.6 Å². The van der Waals surface area contributed by atoms with Gasteiger partial charge in [0, 0.05) is 18.2 Å². The monoisotopic (exact) mass is 378 g/mol. The fourth-order valence-electron chi connectivity index (χ4n) is 2.37. The third-order valence-electron chi connectivity index (χ3n) is 3.53. The van der Waals surface area contributed by atoms with Crippen LogP contribution in [0, 0.1) is 0 Å². The van der Waals surface area contributed by atoms with E-state index in [1.165, 1.54) is 12.1 Å². The third-order valence-corrected chi connectivity index (χ3v) is 3.53. The molecule has 1 amide bonds. The van der Waals surface area contributed by atoms with Gasteiger partial charge in [-0.3, -0.25) is 9.59 Å². The van der Waals surface area contributed by atoms with E-state index < -0.39 is 18.0 Å². The van der Waals surface area contributed by atoms with Crippen molar-refractivity contribution in [2.45, 2.75) is 19.3 Å². The van der Waals surface area contributed by atoms with Gasteiger partial charge in [-0.25, -0.2) is 4.68 Å². The zero-order valence-corrected chi connectivity index (χ0v) is 13.7. The number of hydrogen-bond donors (Lipinski definition) is 1. The Balaban J connectivity index is 1.64. The number of fused-ring (bicyclic) bond motifs is 1. The molecule has 0 radical (unpaired) electrons. The molecule has 1 N–H and O–H groups in total. The van der Waals surface area contributed by atoms with Crippen LogP contribution in [0.3, 0.4) is 0 Å². The fourth-order valence-corrected chi connectivity index (χ4v) is 2.37. The van der Waals surface area contributed by atoms with Crippen molar-refractivity contribution < 1.29 is 22.7 Å². The molecule has 0 unspecified atom stereocenters. The molecule has 0 saturated carbocycles. The van der Waals surface area contributed by atoms with Crippen LogP contribution in [0.1, 0.15) is 6.42 Å². The lowest BCUT2D eigenvalue weighted by molar-refractivity contribution is -0.274. The first-order valence-electron chi connectivity index (χ1n) is 7.80. The lowest BCUT2D eigenvalue weighted by atomic mass is 10.2. The van der Waals surface area contributed by atoms with Crippen molar-refractivity contribution in [2.75, 3.05) is 5.32 Å². The molecule has 1 aromatic heterocycles. The molecule has 0 fully saturated rings. The molecule has 0 spiro atoms. The second-order valence-electron chi connectivity index (χ2n) is 5.51. The maximum atomic E-state index is 12.3. The van der Waals surface area contributed by atoms with Crippen LogP contribution in [0.2, 0.25) is 0 Å². The summed E-state index contributed by atoms with van der Waals surface area (Å²) in [5, 5.41) is 10.5. The van der Waals surface area contributed by atoms with E-state index in [-0.39, 0.29) is 24.2 Å². The summed E-state index contributed by atoms with van der Waals surface area (Å²) in [6, 6.07) is 11.6. The quantitative estimate of drug-likeness (QED) is 0.738. The minimum absolute atomic E-state index is 0.0265. The standard InChI is InChI=1S/C17H13F3N4O3/c18-17(19,20)27-12-5-3-4-11(10-12)21-15(25)8-9-24-16(26)13-6-1-2-7-14(13)22-23-24/h1-7,10H,8-9H2,(H,21,25). The predicted molar refractivity (Wildman–Crippen MR) is 90.2 cm³/mol. The molecule has 0 atom stereocenters. The molecule has 2 aromatic carbocycles. The third kappa shape index (κ3) is 4.81. The number of ether oxygens (including phenoxy) is 1. The van der Waals surface area contributed by atoms with Crippen molar-refractivity contribution in [2.24, 2.45) is 0 Å². The van der Waals surface area contributed by atoms with Gasteiger partial charge in [-0.05, 0) is 24.3 Å². The smallest absolute Gasteiger partial charge is 0.406 e. The maximum Gasteiger partial charge on any atom is 0.573 e. The van der Waals surface area contributed by atoms with Crippen LogP contribution in [-0.2, 0) is 11.3 Å². The lowest BCUT2D eigenvalue weighted by Crippen LogP contribution is -2.26. The number of halogens is 3. The van der Waals surface area contributed by atoms with Crippen molar-refractivity contribution in [3.8, 4) is 5.75 Å². The zero-order valence-electron chi connectivity index (χ0n) is 13.7. The SMILES string of the molecule is O=C(CCn1nnc2ccccc2c1=O)Nc1cccc(OC(F)(F)F)c1. The molecule has 140 valence electrons. The van der Waals surface area contributed by atoms with Crippen LogP contribution in [0.5, 0.6) is 5.75 Å². The Morgan fingerprint density at radius 3 is 2.70 bits per heavy atom. The number of rotatable bonds is 5. The average Bonchev–Trinajstić information content (AvgIpc) is 2.60. The number of alkyl halides is 3. The molecule has 27 heavy (non-hydrogen) atoms. The first kappa shape index (κ1) is 18.4. The van der Waals surface area contributed by atoms with Crippen LogP contribution in [0.4, 0.5) is 18.9 Å². The number of aryl methyl sites for hydroxylation is 1. The Morgan fingerprint density at radius 2 is 1.93 bits per heavy atom. The number of nitrogens with one attached hydrogen (secondary N) is 1. The normalized spacial score (nSPS) is 11.4. The summed E-state index contributed by atoms with van der Waals surface area (Å²) < 4.78 is 41.6. The topological polar surface area (TPSA) is 86.1 Å². The number of nitrogens with zero attached hydrogens (tertiary/aromatic N) is 3. The van der Waals surface area contributed by atoms with E-state index in [2.05, 4.69) is 20.4 Å². The summed E-state index contributed by atoms with van der Waals surface area (Å²) in [7, 11) is 0. The van der Waals surface area contributed by atoms with Crippen molar-refractivity contribution in [3.63, 3.8) is 0 Å². The van der Waals surface area contributed by atoms with Crippen LogP contribution in [0.15, 0.2) is 53.3 Å². The summed E-state index contributed by atoms with van der Waals surface area (Å²) >= 11 is 0. The number of carbonyl (C=O) groups excluding carboxylic acids is 1. The second kappa shape index (κ2) is 7.44. The lowest BCUT2D eigenvalue weighted by Gasteiger charge is -2.11. The Morgan fingerprint density at radius 1 is 1.15 bits per heavy atom. The van der Waals surface area contributed by atoms with Crippen molar-refractivity contribution in [3.05, 3.63) is 58.9 Å². The molecule has 0 aliphatic heterocycles. The first-order chi connectivity index (χ1) is 12.8. The van der Waals surface area contributed by atoms with Crippen molar-refractivity contribution in [1.29, 1.82) is 0 Å². The van der Waals surface area contributed by atoms with Gasteiger partial charge in [0.2, 0.25) is 5.91 Å². The van der Waals surface area contributed by atoms with Gasteiger partial charge in [-0.2, -0.15) is 0 Å². The number of carbonyl (C=O) groups is 1. The molecule has 7 nitrogen and oxygen atoms in total. The zero-order chi connectivity index (χ0) is 19.4. The van der Waals surface area contributed by atoms with Crippen LogP contribution in [-0.4, -0.2) is 27.3 Å².